The van der Waals surface area contributed by atoms with E-state index in [9.17, 15) is 4.79 Å². The molecule has 2 rings (SSSR count). The number of aryl methyl sites for hydroxylation is 1. The van der Waals surface area contributed by atoms with Gasteiger partial charge in [-0.05, 0) is 52.3 Å². The van der Waals surface area contributed by atoms with Crippen molar-refractivity contribution in [3.8, 4) is 0 Å². The van der Waals surface area contributed by atoms with Gasteiger partial charge in [0.2, 0.25) is 0 Å². The van der Waals surface area contributed by atoms with E-state index in [0.29, 0.717) is 0 Å². The van der Waals surface area contributed by atoms with Crippen LogP contribution in [-0.2, 0) is 15.1 Å². The van der Waals surface area contributed by atoms with Gasteiger partial charge in [-0.15, -0.1) is 0 Å². The molecule has 1 atom stereocenters. The normalized spacial score (nSPS) is 23.8. The maximum Gasteiger partial charge on any atom is 0.331 e. The highest BCUT2D eigenvalue weighted by atomic mass is 16.6. The van der Waals surface area contributed by atoms with E-state index >= 15 is 0 Å². The number of hydrogen-bond donors (Lipinski definition) is 0. The molecule has 0 radical (unpaired) electrons. The van der Waals surface area contributed by atoms with Crippen LogP contribution < -0.4 is 0 Å². The standard InChI is InChI=1S/C16H23NO2/c1-12-8-6-7-9-13(12)16(10-11-17(16)5)14(18)19-15(2,3)4/h6-9H,10-11H2,1-5H3/t16-/m0/s1. The molecule has 104 valence electrons. The number of hydrogen-bond acceptors (Lipinski definition) is 3. The lowest BCUT2D eigenvalue weighted by atomic mass is 9.76. The van der Waals surface area contributed by atoms with Crippen molar-refractivity contribution in [2.45, 2.75) is 45.3 Å². The van der Waals surface area contributed by atoms with Gasteiger partial charge in [0, 0.05) is 6.54 Å². The fourth-order valence-corrected chi connectivity index (χ4v) is 2.67. The summed E-state index contributed by atoms with van der Waals surface area (Å²) in [7, 11) is 1.99. The molecule has 0 aromatic heterocycles. The minimum atomic E-state index is -0.599. The summed E-state index contributed by atoms with van der Waals surface area (Å²) in [4.78, 5) is 14.7. The van der Waals surface area contributed by atoms with Crippen molar-refractivity contribution in [2.75, 3.05) is 13.6 Å². The second-order valence-corrected chi connectivity index (χ2v) is 6.35. The summed E-state index contributed by atoms with van der Waals surface area (Å²) < 4.78 is 5.64. The SMILES string of the molecule is Cc1ccccc1[C@]1(C(=O)OC(C)(C)C)CCN1C. The number of rotatable bonds is 2. The molecular weight excluding hydrogens is 238 g/mol. The Labute approximate surface area is 115 Å². The van der Waals surface area contributed by atoms with Gasteiger partial charge in [-0.3, -0.25) is 4.90 Å². The van der Waals surface area contributed by atoms with E-state index in [2.05, 4.69) is 4.90 Å². The highest BCUT2D eigenvalue weighted by molar-refractivity contribution is 5.84. The van der Waals surface area contributed by atoms with Gasteiger partial charge in [-0.2, -0.15) is 0 Å². The lowest BCUT2D eigenvalue weighted by Gasteiger charge is -2.50. The number of ether oxygens (including phenoxy) is 1. The van der Waals surface area contributed by atoms with Gasteiger partial charge in [-0.25, -0.2) is 4.79 Å². The molecule has 1 aromatic rings. The van der Waals surface area contributed by atoms with Crippen molar-refractivity contribution >= 4 is 5.97 Å². The zero-order chi connectivity index (χ0) is 14.3. The third-order valence-corrected chi connectivity index (χ3v) is 3.79. The average Bonchev–Trinajstić information content (AvgIpc) is 2.28. The summed E-state index contributed by atoms with van der Waals surface area (Å²) in [5, 5.41) is 0. The van der Waals surface area contributed by atoms with E-state index in [1.165, 1.54) is 0 Å². The second kappa shape index (κ2) is 4.64. The molecule has 1 aromatic carbocycles. The van der Waals surface area contributed by atoms with E-state index in [1.807, 2.05) is 59.0 Å². The van der Waals surface area contributed by atoms with Crippen molar-refractivity contribution in [2.24, 2.45) is 0 Å². The third-order valence-electron chi connectivity index (χ3n) is 3.79. The first-order chi connectivity index (χ1) is 8.77. The van der Waals surface area contributed by atoms with Crippen LogP contribution in [0.2, 0.25) is 0 Å². The zero-order valence-electron chi connectivity index (χ0n) is 12.5. The molecule has 1 aliphatic rings. The van der Waals surface area contributed by atoms with E-state index in [4.69, 9.17) is 4.74 Å². The Morgan fingerprint density at radius 2 is 1.95 bits per heavy atom. The van der Waals surface area contributed by atoms with Gasteiger partial charge in [-0.1, -0.05) is 24.3 Å². The monoisotopic (exact) mass is 261 g/mol. The quantitative estimate of drug-likeness (QED) is 0.767. The first-order valence-corrected chi connectivity index (χ1v) is 6.78. The van der Waals surface area contributed by atoms with Gasteiger partial charge in [0.1, 0.15) is 11.1 Å². The van der Waals surface area contributed by atoms with Crippen LogP contribution in [0.15, 0.2) is 24.3 Å². The van der Waals surface area contributed by atoms with E-state index in [1.54, 1.807) is 0 Å². The van der Waals surface area contributed by atoms with Crippen LogP contribution in [-0.4, -0.2) is 30.1 Å². The molecule has 19 heavy (non-hydrogen) atoms. The average molecular weight is 261 g/mol. The fraction of sp³-hybridized carbons (Fsp3) is 0.562. The van der Waals surface area contributed by atoms with Crippen molar-refractivity contribution in [1.29, 1.82) is 0 Å². The summed E-state index contributed by atoms with van der Waals surface area (Å²) in [5.41, 5.74) is 1.15. The molecule has 0 aliphatic carbocycles. The lowest BCUT2D eigenvalue weighted by Crippen LogP contribution is -2.61. The molecule has 0 saturated carbocycles. The summed E-state index contributed by atoms with van der Waals surface area (Å²) in [6.07, 6.45) is 0.823. The van der Waals surface area contributed by atoms with Crippen LogP contribution in [0, 0.1) is 6.92 Å². The molecule has 1 saturated heterocycles. The number of benzene rings is 1. The van der Waals surface area contributed by atoms with Gasteiger partial charge >= 0.3 is 5.97 Å². The van der Waals surface area contributed by atoms with Gasteiger partial charge < -0.3 is 4.74 Å². The Morgan fingerprint density at radius 3 is 2.37 bits per heavy atom. The maximum atomic E-state index is 12.7. The number of likely N-dealkylation sites (tertiary alicyclic amines) is 1. The molecule has 3 heteroatoms. The largest absolute Gasteiger partial charge is 0.458 e. The minimum absolute atomic E-state index is 0.136. The van der Waals surface area contributed by atoms with Crippen molar-refractivity contribution in [3.63, 3.8) is 0 Å². The lowest BCUT2D eigenvalue weighted by molar-refractivity contribution is -0.179. The molecule has 0 bridgehead atoms. The molecule has 0 amide bonds. The Morgan fingerprint density at radius 1 is 1.32 bits per heavy atom. The fourth-order valence-electron chi connectivity index (χ4n) is 2.67. The molecule has 0 unspecified atom stereocenters. The molecule has 3 nitrogen and oxygen atoms in total. The number of nitrogens with zero attached hydrogens (tertiary/aromatic N) is 1. The predicted molar refractivity (Wildman–Crippen MR) is 75.9 cm³/mol. The number of carbonyl (C=O) groups is 1. The van der Waals surface area contributed by atoms with E-state index < -0.39 is 11.1 Å². The maximum absolute atomic E-state index is 12.7. The highest BCUT2D eigenvalue weighted by Gasteiger charge is 2.53. The van der Waals surface area contributed by atoms with Crippen molar-refractivity contribution < 1.29 is 9.53 Å². The molecule has 0 spiro atoms. The van der Waals surface area contributed by atoms with Gasteiger partial charge in [0.15, 0.2) is 0 Å². The third kappa shape index (κ3) is 2.39. The molecule has 0 N–H and O–H groups in total. The van der Waals surface area contributed by atoms with E-state index in [-0.39, 0.29) is 5.97 Å². The smallest absolute Gasteiger partial charge is 0.331 e. The molecule has 1 aliphatic heterocycles. The van der Waals surface area contributed by atoms with Crippen LogP contribution in [0.3, 0.4) is 0 Å². The van der Waals surface area contributed by atoms with Crippen LogP contribution in [0.25, 0.3) is 0 Å². The second-order valence-electron chi connectivity index (χ2n) is 6.35. The minimum Gasteiger partial charge on any atom is -0.458 e. The highest BCUT2D eigenvalue weighted by Crippen LogP contribution is 2.42. The van der Waals surface area contributed by atoms with Crippen LogP contribution in [0.4, 0.5) is 0 Å². The Bertz CT molecular complexity index is 490. The Kier molecular flexibility index (Phi) is 3.43. The number of carbonyl (C=O) groups excluding carboxylic acids is 1. The van der Waals surface area contributed by atoms with Crippen molar-refractivity contribution in [1.82, 2.24) is 4.90 Å². The van der Waals surface area contributed by atoms with Crippen LogP contribution >= 0.6 is 0 Å². The summed E-state index contributed by atoms with van der Waals surface area (Å²) in [6.45, 7) is 8.71. The predicted octanol–water partition coefficient (Wildman–Crippen LogP) is 2.87. The summed E-state index contributed by atoms with van der Waals surface area (Å²) in [5.74, 6) is -0.136. The molecular formula is C16H23NO2. The van der Waals surface area contributed by atoms with Crippen LogP contribution in [0.5, 0.6) is 0 Å². The summed E-state index contributed by atoms with van der Waals surface area (Å²) in [6, 6.07) is 8.07. The van der Waals surface area contributed by atoms with E-state index in [0.717, 1.165) is 24.1 Å². The molecule has 1 heterocycles. The number of likely N-dealkylation sites (N-methyl/N-ethyl adjacent to an activating group) is 1. The topological polar surface area (TPSA) is 29.5 Å². The Hall–Kier alpha value is -1.35. The first-order valence-electron chi connectivity index (χ1n) is 6.78. The van der Waals surface area contributed by atoms with Crippen molar-refractivity contribution in [3.05, 3.63) is 35.4 Å². The first kappa shape index (κ1) is 14.1. The van der Waals surface area contributed by atoms with Gasteiger partial charge in [0.05, 0.1) is 0 Å². The Balaban J connectivity index is 2.40. The van der Waals surface area contributed by atoms with Crippen LogP contribution in [0.1, 0.15) is 38.3 Å². The van der Waals surface area contributed by atoms with Gasteiger partial charge in [0.25, 0.3) is 0 Å². The zero-order valence-corrected chi connectivity index (χ0v) is 12.5. The number of esters is 1. The summed E-state index contributed by atoms with van der Waals surface area (Å²) >= 11 is 0. The molecule has 1 fully saturated rings.